The van der Waals surface area contributed by atoms with E-state index in [1.807, 2.05) is 19.1 Å². The number of carbonyl (C=O) groups is 2. The molecular weight excluding hydrogens is 374 g/mol. The molecule has 0 atom stereocenters. The van der Waals surface area contributed by atoms with Crippen molar-refractivity contribution in [1.82, 2.24) is 9.55 Å². The predicted molar refractivity (Wildman–Crippen MR) is 99.9 cm³/mol. The van der Waals surface area contributed by atoms with Crippen LogP contribution in [0.15, 0.2) is 23.2 Å². The molecule has 0 bridgehead atoms. The van der Waals surface area contributed by atoms with Gasteiger partial charge in [-0.25, -0.2) is 4.98 Å². The number of amides is 1. The zero-order valence-corrected chi connectivity index (χ0v) is 16.4. The van der Waals surface area contributed by atoms with Crippen molar-refractivity contribution in [1.29, 1.82) is 0 Å². The lowest BCUT2D eigenvalue weighted by molar-refractivity contribution is -0.141. The monoisotopic (exact) mass is 391 g/mol. The molecule has 2 heterocycles. The number of hydrogen-bond acceptors (Lipinski definition) is 7. The molecule has 9 heteroatoms. The van der Waals surface area contributed by atoms with E-state index in [-0.39, 0.29) is 12.5 Å². The molecule has 136 valence electrons. The van der Waals surface area contributed by atoms with Crippen LogP contribution in [0.2, 0.25) is 0 Å². The van der Waals surface area contributed by atoms with Gasteiger partial charge in [0.25, 0.3) is 5.91 Å². The molecule has 2 aromatic heterocycles. The summed E-state index contributed by atoms with van der Waals surface area (Å²) in [5, 5.41) is 0.810. The highest BCUT2D eigenvalue weighted by molar-refractivity contribution is 7.16. The van der Waals surface area contributed by atoms with Crippen LogP contribution in [0.3, 0.4) is 0 Å². The Bertz CT molecular complexity index is 1060. The number of thiazole rings is 2. The van der Waals surface area contributed by atoms with E-state index in [1.54, 1.807) is 24.7 Å². The van der Waals surface area contributed by atoms with Crippen LogP contribution < -0.4 is 9.54 Å². The molecule has 1 aromatic carbocycles. The Morgan fingerprint density at radius 1 is 1.23 bits per heavy atom. The molecule has 0 aliphatic rings. The maximum Gasteiger partial charge on any atom is 0.325 e. The third-order valence-corrected chi connectivity index (χ3v) is 5.80. The van der Waals surface area contributed by atoms with Gasteiger partial charge in [-0.15, -0.1) is 11.3 Å². The molecule has 3 aromatic rings. The maximum absolute atomic E-state index is 12.6. The molecule has 0 aliphatic heterocycles. The molecule has 0 radical (unpaired) electrons. The Morgan fingerprint density at radius 3 is 2.62 bits per heavy atom. The minimum absolute atomic E-state index is 0.0321. The Balaban J connectivity index is 2.16. The number of esters is 1. The van der Waals surface area contributed by atoms with E-state index in [4.69, 9.17) is 9.47 Å². The van der Waals surface area contributed by atoms with Gasteiger partial charge in [-0.3, -0.25) is 9.59 Å². The number of ether oxygens (including phenoxy) is 2. The maximum atomic E-state index is 12.6. The number of nitrogens with zero attached hydrogens (tertiary/aromatic N) is 3. The first-order valence-electron chi connectivity index (χ1n) is 7.70. The summed E-state index contributed by atoms with van der Waals surface area (Å²) in [7, 11) is 2.91. The minimum Gasteiger partial charge on any atom is -0.497 e. The van der Waals surface area contributed by atoms with E-state index in [9.17, 15) is 9.59 Å². The van der Waals surface area contributed by atoms with E-state index in [1.165, 1.54) is 29.8 Å². The molecule has 7 nitrogen and oxygen atoms in total. The molecule has 1 amide bonds. The largest absolute Gasteiger partial charge is 0.497 e. The topological polar surface area (TPSA) is 82.8 Å². The first-order valence-corrected chi connectivity index (χ1v) is 9.33. The average Bonchev–Trinajstić information content (AvgIpc) is 3.13. The first kappa shape index (κ1) is 18.3. The highest BCUT2D eigenvalue weighted by atomic mass is 32.1. The molecular formula is C17H17N3O4S2. The Morgan fingerprint density at radius 2 is 2.00 bits per heavy atom. The highest BCUT2D eigenvalue weighted by Gasteiger charge is 2.16. The number of aryl methyl sites for hydroxylation is 2. The van der Waals surface area contributed by atoms with Gasteiger partial charge in [0.2, 0.25) is 0 Å². The molecule has 0 N–H and O–H groups in total. The molecule has 0 saturated heterocycles. The zero-order valence-electron chi connectivity index (χ0n) is 14.7. The first-order chi connectivity index (χ1) is 12.4. The van der Waals surface area contributed by atoms with Crippen molar-refractivity contribution in [3.05, 3.63) is 38.6 Å². The third-order valence-electron chi connectivity index (χ3n) is 3.70. The van der Waals surface area contributed by atoms with Gasteiger partial charge in [-0.2, -0.15) is 4.99 Å². The number of carbonyl (C=O) groups excluding carboxylic acids is 2. The summed E-state index contributed by atoms with van der Waals surface area (Å²) in [6, 6.07) is 5.48. The lowest BCUT2D eigenvalue weighted by atomic mass is 10.3. The van der Waals surface area contributed by atoms with Crippen LogP contribution in [0.5, 0.6) is 5.75 Å². The second-order valence-corrected chi connectivity index (χ2v) is 7.66. The van der Waals surface area contributed by atoms with Gasteiger partial charge in [0.1, 0.15) is 17.2 Å². The lowest BCUT2D eigenvalue weighted by Crippen LogP contribution is -2.22. The molecule has 3 rings (SSSR count). The lowest BCUT2D eigenvalue weighted by Gasteiger charge is -2.04. The van der Waals surface area contributed by atoms with E-state index >= 15 is 0 Å². The summed E-state index contributed by atoms with van der Waals surface area (Å²) in [5.41, 5.74) is 1.44. The number of fused-ring (bicyclic) bond motifs is 1. The van der Waals surface area contributed by atoms with Crippen LogP contribution >= 0.6 is 22.7 Å². The van der Waals surface area contributed by atoms with Gasteiger partial charge in [0.15, 0.2) is 4.80 Å². The van der Waals surface area contributed by atoms with Crippen LogP contribution in [-0.2, 0) is 16.1 Å². The van der Waals surface area contributed by atoms with Gasteiger partial charge in [0.05, 0.1) is 35.1 Å². The fraction of sp³-hybridized carbons (Fsp3) is 0.294. The molecule has 0 aliphatic carbocycles. The van der Waals surface area contributed by atoms with E-state index in [2.05, 4.69) is 9.98 Å². The van der Waals surface area contributed by atoms with Crippen molar-refractivity contribution < 1.29 is 19.1 Å². The van der Waals surface area contributed by atoms with Gasteiger partial charge >= 0.3 is 5.97 Å². The predicted octanol–water partition coefficient (Wildman–Crippen LogP) is 2.70. The van der Waals surface area contributed by atoms with Crippen LogP contribution in [-0.4, -0.2) is 35.6 Å². The van der Waals surface area contributed by atoms with Crippen LogP contribution in [0.1, 0.15) is 20.4 Å². The van der Waals surface area contributed by atoms with Crippen LogP contribution in [0.25, 0.3) is 10.2 Å². The van der Waals surface area contributed by atoms with Crippen molar-refractivity contribution in [2.45, 2.75) is 20.4 Å². The van der Waals surface area contributed by atoms with Crippen LogP contribution in [0.4, 0.5) is 0 Å². The van der Waals surface area contributed by atoms with E-state index in [0.29, 0.717) is 21.1 Å². The minimum atomic E-state index is -0.417. The summed E-state index contributed by atoms with van der Waals surface area (Å²) in [4.78, 5) is 33.9. The fourth-order valence-electron chi connectivity index (χ4n) is 2.48. The fourth-order valence-corrected chi connectivity index (χ4v) is 4.34. The molecule has 26 heavy (non-hydrogen) atoms. The Labute approximate surface area is 157 Å². The van der Waals surface area contributed by atoms with Crippen molar-refractivity contribution in [2.24, 2.45) is 4.99 Å². The summed E-state index contributed by atoms with van der Waals surface area (Å²) < 4.78 is 12.5. The number of methoxy groups -OCH3 is 2. The average molecular weight is 391 g/mol. The summed E-state index contributed by atoms with van der Waals surface area (Å²) in [6.07, 6.45) is 0. The normalized spacial score (nSPS) is 11.8. The van der Waals surface area contributed by atoms with Crippen molar-refractivity contribution in [2.75, 3.05) is 14.2 Å². The van der Waals surface area contributed by atoms with Crippen LogP contribution in [0, 0.1) is 13.8 Å². The van der Waals surface area contributed by atoms with Gasteiger partial charge < -0.3 is 14.0 Å². The van der Waals surface area contributed by atoms with E-state index in [0.717, 1.165) is 15.2 Å². The number of hydrogen-bond donors (Lipinski definition) is 0. The second-order valence-electron chi connectivity index (χ2n) is 5.44. The standard InChI is InChI=1S/C17H17N3O4S2/c1-9-15(25-10(2)18-9)16(22)19-17-20(8-14(21)24-4)12-6-5-11(23-3)7-13(12)26-17/h5-7H,8H2,1-4H3. The van der Waals surface area contributed by atoms with Crippen molar-refractivity contribution in [3.8, 4) is 5.75 Å². The zero-order chi connectivity index (χ0) is 18.8. The molecule has 0 unspecified atom stereocenters. The molecule has 0 spiro atoms. The van der Waals surface area contributed by atoms with Gasteiger partial charge in [-0.05, 0) is 32.0 Å². The number of benzene rings is 1. The third kappa shape index (κ3) is 3.54. The molecule has 0 fully saturated rings. The van der Waals surface area contributed by atoms with Crippen molar-refractivity contribution in [3.63, 3.8) is 0 Å². The van der Waals surface area contributed by atoms with E-state index < -0.39 is 5.97 Å². The second kappa shape index (κ2) is 7.38. The Hall–Kier alpha value is -2.52. The molecule has 0 saturated carbocycles. The Kier molecular flexibility index (Phi) is 5.19. The smallest absolute Gasteiger partial charge is 0.325 e. The summed E-state index contributed by atoms with van der Waals surface area (Å²) in [6.45, 7) is 3.60. The number of aromatic nitrogens is 2. The van der Waals surface area contributed by atoms with Crippen molar-refractivity contribution >= 4 is 44.8 Å². The van der Waals surface area contributed by atoms with Gasteiger partial charge in [0, 0.05) is 0 Å². The van der Waals surface area contributed by atoms with Gasteiger partial charge in [-0.1, -0.05) is 11.3 Å². The summed E-state index contributed by atoms with van der Waals surface area (Å²) >= 11 is 2.62. The number of rotatable bonds is 4. The SMILES string of the molecule is COC(=O)Cn1c(=NC(=O)c2sc(C)nc2C)sc2cc(OC)ccc21. The quantitative estimate of drug-likeness (QED) is 0.639. The highest BCUT2D eigenvalue weighted by Crippen LogP contribution is 2.24. The summed E-state index contributed by atoms with van der Waals surface area (Å²) in [5.74, 6) is -0.0970.